The smallest absolute Gasteiger partial charge is 0.335 e. The van der Waals surface area contributed by atoms with Crippen LogP contribution in [0.2, 0.25) is 0 Å². The Bertz CT molecular complexity index is 376. The maximum atomic E-state index is 12.0. The van der Waals surface area contributed by atoms with E-state index in [4.69, 9.17) is 15.2 Å². The van der Waals surface area contributed by atoms with Gasteiger partial charge in [0, 0.05) is 6.42 Å². The highest BCUT2D eigenvalue weighted by Gasteiger charge is 2.28. The molecule has 0 saturated heterocycles. The fourth-order valence-electron chi connectivity index (χ4n) is 2.18. The molecule has 0 aliphatic heterocycles. The zero-order chi connectivity index (χ0) is 18.7. The van der Waals surface area contributed by atoms with Crippen LogP contribution in [-0.4, -0.2) is 46.6 Å². The van der Waals surface area contributed by atoms with Crippen molar-refractivity contribution < 1.29 is 24.3 Å². The summed E-state index contributed by atoms with van der Waals surface area (Å²) >= 11 is 0. The summed E-state index contributed by atoms with van der Waals surface area (Å²) in [4.78, 5) is 23.9. The number of unbranched alkanes of at least 4 members (excludes halogenated alkanes) is 4. The molecule has 0 aromatic rings. The van der Waals surface area contributed by atoms with E-state index in [1.807, 2.05) is 0 Å². The summed E-state index contributed by atoms with van der Waals surface area (Å²) in [6.45, 7) is 8.54. The van der Waals surface area contributed by atoms with E-state index in [2.05, 4.69) is 6.92 Å². The maximum absolute atomic E-state index is 12.0. The number of nitrogens with two attached hydrogens (primary N) is 1. The van der Waals surface area contributed by atoms with E-state index < -0.39 is 30.4 Å². The van der Waals surface area contributed by atoms with Crippen molar-refractivity contribution in [2.45, 2.75) is 97.6 Å². The number of rotatable bonds is 12. The van der Waals surface area contributed by atoms with Gasteiger partial charge >= 0.3 is 5.97 Å². The minimum Gasteiger partial charge on any atom is -0.458 e. The van der Waals surface area contributed by atoms with E-state index in [-0.39, 0.29) is 12.3 Å². The fourth-order valence-corrected chi connectivity index (χ4v) is 2.18. The number of hydroxylamine groups is 2. The molecule has 0 bridgehead atoms. The number of hydrogen-bond acceptors (Lipinski definition) is 6. The van der Waals surface area contributed by atoms with Crippen LogP contribution in [-0.2, 0) is 19.1 Å². The number of amides is 1. The van der Waals surface area contributed by atoms with Crippen LogP contribution in [0.3, 0.4) is 0 Å². The molecular weight excluding hydrogens is 312 g/mol. The minimum atomic E-state index is -0.805. The zero-order valence-corrected chi connectivity index (χ0v) is 15.7. The first-order chi connectivity index (χ1) is 11.2. The minimum absolute atomic E-state index is 0.287. The average molecular weight is 346 g/mol. The van der Waals surface area contributed by atoms with Gasteiger partial charge in [-0.1, -0.05) is 32.6 Å². The van der Waals surface area contributed by atoms with Gasteiger partial charge in [-0.3, -0.25) is 10.0 Å². The summed E-state index contributed by atoms with van der Waals surface area (Å²) in [5, 5.41) is 10.7. The average Bonchev–Trinajstić information content (AvgIpc) is 2.52. The molecule has 0 radical (unpaired) electrons. The predicted octanol–water partition coefficient (Wildman–Crippen LogP) is 2.59. The van der Waals surface area contributed by atoms with Gasteiger partial charge in [-0.2, -0.15) is 0 Å². The van der Waals surface area contributed by atoms with E-state index in [1.54, 1.807) is 27.7 Å². The second-order valence-electron chi connectivity index (χ2n) is 6.27. The van der Waals surface area contributed by atoms with Crippen molar-refractivity contribution in [1.82, 2.24) is 5.06 Å². The number of carbonyl (C=O) groups is 2. The lowest BCUT2D eigenvalue weighted by Crippen LogP contribution is -2.45. The monoisotopic (exact) mass is 346 g/mol. The second kappa shape index (κ2) is 12.2. The van der Waals surface area contributed by atoms with Gasteiger partial charge in [0.25, 0.3) is 0 Å². The van der Waals surface area contributed by atoms with Gasteiger partial charge in [0.1, 0.15) is 12.3 Å². The second-order valence-corrected chi connectivity index (χ2v) is 6.27. The van der Waals surface area contributed by atoms with Gasteiger partial charge in [-0.05, 0) is 34.1 Å². The van der Waals surface area contributed by atoms with Crippen LogP contribution in [0, 0.1) is 0 Å². The lowest BCUT2D eigenvalue weighted by Gasteiger charge is -2.28. The van der Waals surface area contributed by atoms with Crippen molar-refractivity contribution in [2.24, 2.45) is 5.73 Å². The fraction of sp³-hybridized carbons (Fsp3) is 0.882. The number of hydrogen-bond donors (Lipinski definition) is 2. The first-order valence-corrected chi connectivity index (χ1v) is 8.83. The third kappa shape index (κ3) is 9.20. The quantitative estimate of drug-likeness (QED) is 0.185. The highest BCUT2D eigenvalue weighted by atomic mass is 16.6. The molecule has 3 N–H and O–H groups in total. The molecule has 0 spiro atoms. The van der Waals surface area contributed by atoms with Gasteiger partial charge in [0.15, 0.2) is 6.10 Å². The Labute approximate surface area is 145 Å². The molecule has 142 valence electrons. The summed E-state index contributed by atoms with van der Waals surface area (Å²) in [5.41, 5.74) is 5.46. The van der Waals surface area contributed by atoms with Gasteiger partial charge < -0.3 is 15.2 Å². The molecule has 7 nitrogen and oxygen atoms in total. The first kappa shape index (κ1) is 22.8. The Morgan fingerprint density at radius 1 is 1.08 bits per heavy atom. The van der Waals surface area contributed by atoms with E-state index in [1.165, 1.54) is 0 Å². The Morgan fingerprint density at radius 2 is 1.67 bits per heavy atom. The predicted molar refractivity (Wildman–Crippen MR) is 91.2 cm³/mol. The van der Waals surface area contributed by atoms with E-state index >= 15 is 0 Å². The summed E-state index contributed by atoms with van der Waals surface area (Å²) in [5.74, 6) is -0.936. The Morgan fingerprint density at radius 3 is 2.21 bits per heavy atom. The van der Waals surface area contributed by atoms with Crippen LogP contribution in [0.15, 0.2) is 0 Å². The Hall–Kier alpha value is -1.18. The molecule has 0 aromatic heterocycles. The maximum Gasteiger partial charge on any atom is 0.335 e. The molecule has 0 aliphatic rings. The van der Waals surface area contributed by atoms with Crippen molar-refractivity contribution in [3.8, 4) is 0 Å². The summed E-state index contributed by atoms with van der Waals surface area (Å²) in [6.07, 6.45) is 3.35. The molecule has 4 unspecified atom stereocenters. The van der Waals surface area contributed by atoms with Crippen LogP contribution in [0.5, 0.6) is 0 Å². The molecule has 0 aliphatic carbocycles. The molecule has 24 heavy (non-hydrogen) atoms. The van der Waals surface area contributed by atoms with Crippen molar-refractivity contribution in [3.63, 3.8) is 0 Å². The highest BCUT2D eigenvalue weighted by Crippen LogP contribution is 2.12. The number of nitrogens with zero attached hydrogens (tertiary/aromatic N) is 1. The van der Waals surface area contributed by atoms with E-state index in [9.17, 15) is 14.8 Å². The summed E-state index contributed by atoms with van der Waals surface area (Å²) < 4.78 is 10.4. The summed E-state index contributed by atoms with van der Waals surface area (Å²) in [7, 11) is 0. The van der Waals surface area contributed by atoms with Gasteiger partial charge in [-0.15, -0.1) is 0 Å². The molecule has 0 heterocycles. The molecule has 7 heteroatoms. The molecule has 0 rings (SSSR count). The summed E-state index contributed by atoms with van der Waals surface area (Å²) in [6, 6.07) is -0.639. The first-order valence-electron chi connectivity index (χ1n) is 8.83. The van der Waals surface area contributed by atoms with Crippen LogP contribution < -0.4 is 5.73 Å². The topological polar surface area (TPSA) is 102 Å². The Kier molecular flexibility index (Phi) is 11.6. The SMILES string of the molecule is CCCCCCCC(=O)N(O)C(C)C(C)OC(=O)C(C)OC(C)N. The molecule has 1 amide bonds. The van der Waals surface area contributed by atoms with Crippen molar-refractivity contribution in [2.75, 3.05) is 0 Å². The van der Waals surface area contributed by atoms with Crippen LogP contribution in [0.25, 0.3) is 0 Å². The standard InChI is InChI=1S/C17H34N2O5/c1-6-7-8-9-10-11-16(20)19(22)12(2)13(3)24-17(21)14(4)23-15(5)18/h12-15,22H,6-11,18H2,1-5H3. The number of carbonyl (C=O) groups excluding carboxylic acids is 2. The molecule has 0 aromatic carbocycles. The van der Waals surface area contributed by atoms with Crippen molar-refractivity contribution in [1.29, 1.82) is 0 Å². The van der Waals surface area contributed by atoms with E-state index in [0.29, 0.717) is 5.06 Å². The third-order valence-corrected chi connectivity index (χ3v) is 3.87. The normalized spacial score (nSPS) is 16.1. The zero-order valence-electron chi connectivity index (χ0n) is 15.7. The van der Waals surface area contributed by atoms with Crippen molar-refractivity contribution in [3.05, 3.63) is 0 Å². The lowest BCUT2D eigenvalue weighted by atomic mass is 10.1. The molecular formula is C17H34N2O5. The van der Waals surface area contributed by atoms with Gasteiger partial charge in [-0.25, -0.2) is 9.86 Å². The van der Waals surface area contributed by atoms with Gasteiger partial charge in [0.2, 0.25) is 5.91 Å². The Balaban J connectivity index is 4.27. The van der Waals surface area contributed by atoms with Crippen molar-refractivity contribution >= 4 is 11.9 Å². The largest absolute Gasteiger partial charge is 0.458 e. The molecule has 0 saturated carbocycles. The third-order valence-electron chi connectivity index (χ3n) is 3.87. The van der Waals surface area contributed by atoms with Crippen LogP contribution in [0.1, 0.15) is 73.1 Å². The van der Waals surface area contributed by atoms with Crippen LogP contribution in [0.4, 0.5) is 0 Å². The number of esters is 1. The lowest BCUT2D eigenvalue weighted by molar-refractivity contribution is -0.192. The number of ether oxygens (including phenoxy) is 2. The molecule has 4 atom stereocenters. The molecule has 0 fully saturated rings. The van der Waals surface area contributed by atoms with Gasteiger partial charge in [0.05, 0.1) is 6.04 Å². The van der Waals surface area contributed by atoms with E-state index in [0.717, 1.165) is 32.1 Å². The highest BCUT2D eigenvalue weighted by molar-refractivity contribution is 5.76. The van der Waals surface area contributed by atoms with Crippen LogP contribution >= 0.6 is 0 Å².